The summed E-state index contributed by atoms with van der Waals surface area (Å²) < 4.78 is 0. The van der Waals surface area contributed by atoms with Crippen molar-refractivity contribution in [2.75, 3.05) is 0 Å². The van der Waals surface area contributed by atoms with Crippen molar-refractivity contribution >= 4 is 11.5 Å². The number of aliphatic carboxylic acids is 1. The van der Waals surface area contributed by atoms with Crippen molar-refractivity contribution in [3.8, 4) is 0 Å². The van der Waals surface area contributed by atoms with E-state index in [0.717, 1.165) is 24.8 Å². The first kappa shape index (κ1) is 12.5. The highest BCUT2D eigenvalue weighted by atomic mass is 16.4. The highest BCUT2D eigenvalue weighted by Gasteiger charge is 2.30. The predicted molar refractivity (Wildman–Crippen MR) is 76.0 cm³/mol. The average molecular weight is 256 g/mol. The molecule has 0 atom stereocenters. The van der Waals surface area contributed by atoms with Gasteiger partial charge in [0.2, 0.25) is 0 Å². The summed E-state index contributed by atoms with van der Waals surface area (Å²) in [5.41, 5.74) is 5.71. The molecule has 0 spiro atoms. The number of benzene rings is 1. The number of carboxylic acids is 1. The predicted octanol–water partition coefficient (Wildman–Crippen LogP) is 3.97. The fourth-order valence-electron chi connectivity index (χ4n) is 3.74. The topological polar surface area (TPSA) is 37.3 Å². The summed E-state index contributed by atoms with van der Waals surface area (Å²) in [6.07, 6.45) is 6.35. The van der Waals surface area contributed by atoms with Gasteiger partial charge in [0.05, 0.1) is 0 Å². The molecule has 1 aromatic carbocycles. The van der Waals surface area contributed by atoms with Gasteiger partial charge in [0.1, 0.15) is 0 Å². The summed E-state index contributed by atoms with van der Waals surface area (Å²) in [6, 6.07) is 6.32. The van der Waals surface area contributed by atoms with E-state index in [2.05, 4.69) is 25.1 Å². The third-order valence-electron chi connectivity index (χ3n) is 4.67. The van der Waals surface area contributed by atoms with Crippen molar-refractivity contribution in [2.24, 2.45) is 5.92 Å². The van der Waals surface area contributed by atoms with Crippen LogP contribution in [0.15, 0.2) is 23.8 Å². The van der Waals surface area contributed by atoms with Gasteiger partial charge in [0, 0.05) is 5.57 Å². The highest BCUT2D eigenvalue weighted by Crippen LogP contribution is 2.43. The minimum absolute atomic E-state index is 0.465. The molecule has 2 aliphatic carbocycles. The molecule has 1 aromatic rings. The van der Waals surface area contributed by atoms with Crippen LogP contribution in [-0.4, -0.2) is 11.1 Å². The first-order valence-electron chi connectivity index (χ1n) is 7.23. The molecular weight excluding hydrogens is 236 g/mol. The third kappa shape index (κ3) is 2.09. The second-order valence-electron chi connectivity index (χ2n) is 5.78. The van der Waals surface area contributed by atoms with Gasteiger partial charge in [-0.15, -0.1) is 0 Å². The summed E-state index contributed by atoms with van der Waals surface area (Å²) in [4.78, 5) is 11.6. The molecule has 2 heteroatoms. The minimum atomic E-state index is -0.714. The zero-order valence-corrected chi connectivity index (χ0v) is 11.4. The van der Waals surface area contributed by atoms with E-state index in [9.17, 15) is 9.90 Å². The summed E-state index contributed by atoms with van der Waals surface area (Å²) in [7, 11) is 0. The molecule has 0 heterocycles. The maximum absolute atomic E-state index is 11.6. The Balaban J connectivity index is 2.17. The molecule has 0 aliphatic heterocycles. The maximum atomic E-state index is 11.6. The zero-order valence-electron chi connectivity index (χ0n) is 11.4. The second kappa shape index (κ2) is 4.84. The molecule has 2 aliphatic rings. The number of hydrogen-bond acceptors (Lipinski definition) is 1. The summed E-state index contributed by atoms with van der Waals surface area (Å²) in [5.74, 6) is -0.249. The number of fused-ring (bicyclic) bond motifs is 1. The zero-order chi connectivity index (χ0) is 13.4. The van der Waals surface area contributed by atoms with E-state index in [0.29, 0.717) is 17.9 Å². The van der Waals surface area contributed by atoms with Crippen LogP contribution in [0.25, 0.3) is 5.57 Å². The van der Waals surface area contributed by atoms with Gasteiger partial charge in [-0.3, -0.25) is 0 Å². The fourth-order valence-corrected chi connectivity index (χ4v) is 3.74. The molecule has 0 radical (unpaired) electrons. The highest BCUT2D eigenvalue weighted by molar-refractivity contribution is 5.98. The quantitative estimate of drug-likeness (QED) is 0.869. The van der Waals surface area contributed by atoms with Crippen LogP contribution in [0.4, 0.5) is 0 Å². The van der Waals surface area contributed by atoms with E-state index in [1.807, 2.05) is 0 Å². The molecule has 19 heavy (non-hydrogen) atoms. The van der Waals surface area contributed by atoms with Gasteiger partial charge in [0.25, 0.3) is 0 Å². The normalized spacial score (nSPS) is 19.6. The first-order chi connectivity index (χ1) is 9.18. The lowest BCUT2D eigenvalue weighted by Gasteiger charge is -2.27. The Kier molecular flexibility index (Phi) is 3.17. The number of allylic oxidation sites excluding steroid dienone is 1. The fraction of sp³-hybridized carbons (Fsp3) is 0.471. The molecule has 0 aromatic heterocycles. The van der Waals surface area contributed by atoms with Crippen molar-refractivity contribution in [1.82, 2.24) is 0 Å². The van der Waals surface area contributed by atoms with E-state index in [4.69, 9.17) is 0 Å². The van der Waals surface area contributed by atoms with Gasteiger partial charge in [-0.1, -0.05) is 31.0 Å². The number of carboxylic acid groups (broad SMARTS) is 1. The summed E-state index contributed by atoms with van der Waals surface area (Å²) in [5, 5.41) is 9.51. The largest absolute Gasteiger partial charge is 0.478 e. The minimum Gasteiger partial charge on any atom is -0.478 e. The van der Waals surface area contributed by atoms with Crippen molar-refractivity contribution in [3.05, 3.63) is 40.5 Å². The van der Waals surface area contributed by atoms with Gasteiger partial charge in [-0.2, -0.15) is 0 Å². The lowest BCUT2D eigenvalue weighted by molar-refractivity contribution is -0.132. The van der Waals surface area contributed by atoms with Gasteiger partial charge in [-0.25, -0.2) is 4.79 Å². The molecule has 0 unspecified atom stereocenters. The monoisotopic (exact) mass is 256 g/mol. The Morgan fingerprint density at radius 3 is 2.63 bits per heavy atom. The Morgan fingerprint density at radius 1 is 1.21 bits per heavy atom. The van der Waals surface area contributed by atoms with E-state index >= 15 is 0 Å². The van der Waals surface area contributed by atoms with Crippen molar-refractivity contribution in [2.45, 2.75) is 45.4 Å². The van der Waals surface area contributed by atoms with Crippen LogP contribution in [-0.2, 0) is 11.2 Å². The van der Waals surface area contributed by atoms with Crippen LogP contribution in [0.3, 0.4) is 0 Å². The lowest BCUT2D eigenvalue weighted by Crippen LogP contribution is -2.16. The maximum Gasteiger partial charge on any atom is 0.331 e. The molecule has 0 bridgehead atoms. The summed E-state index contributed by atoms with van der Waals surface area (Å²) in [6.45, 7) is 2.14. The molecule has 3 rings (SSSR count). The van der Waals surface area contributed by atoms with Gasteiger partial charge in [-0.05, 0) is 60.8 Å². The first-order valence-corrected chi connectivity index (χ1v) is 7.23. The van der Waals surface area contributed by atoms with E-state index < -0.39 is 5.97 Å². The third-order valence-corrected chi connectivity index (χ3v) is 4.67. The van der Waals surface area contributed by atoms with Crippen LogP contribution >= 0.6 is 0 Å². The van der Waals surface area contributed by atoms with Crippen molar-refractivity contribution < 1.29 is 9.90 Å². The number of carbonyl (C=O) groups is 1. The molecule has 0 saturated heterocycles. The molecule has 1 fully saturated rings. The average Bonchev–Trinajstić information content (AvgIpc) is 2.91. The molecule has 1 saturated carbocycles. The van der Waals surface area contributed by atoms with Crippen LogP contribution in [0.2, 0.25) is 0 Å². The van der Waals surface area contributed by atoms with Gasteiger partial charge in [0.15, 0.2) is 0 Å². The van der Waals surface area contributed by atoms with E-state index in [1.165, 1.54) is 29.5 Å². The van der Waals surface area contributed by atoms with E-state index in [-0.39, 0.29) is 0 Å². The van der Waals surface area contributed by atoms with Crippen LogP contribution < -0.4 is 0 Å². The van der Waals surface area contributed by atoms with Crippen LogP contribution in [0, 0.1) is 12.8 Å². The van der Waals surface area contributed by atoms with E-state index in [1.54, 1.807) is 0 Å². The smallest absolute Gasteiger partial charge is 0.331 e. The molecule has 0 amide bonds. The molecule has 2 nitrogen and oxygen atoms in total. The Hall–Kier alpha value is -1.57. The molecular formula is C17H20O2. The Morgan fingerprint density at radius 2 is 1.95 bits per heavy atom. The van der Waals surface area contributed by atoms with Crippen LogP contribution in [0.5, 0.6) is 0 Å². The van der Waals surface area contributed by atoms with Gasteiger partial charge >= 0.3 is 5.97 Å². The van der Waals surface area contributed by atoms with Crippen molar-refractivity contribution in [1.29, 1.82) is 0 Å². The molecule has 1 N–H and O–H groups in total. The Bertz CT molecular complexity index is 548. The SMILES string of the molecule is Cc1cccc2c1CCC(C(=O)O)=C2C1CCCC1. The standard InChI is InChI=1S/C17H20O2/c1-11-5-4-8-14-13(11)9-10-15(17(18)19)16(14)12-6-2-3-7-12/h4-5,8,12H,2-3,6-7,9-10H2,1H3,(H,18,19). The Labute approximate surface area is 114 Å². The van der Waals surface area contributed by atoms with Crippen molar-refractivity contribution in [3.63, 3.8) is 0 Å². The van der Waals surface area contributed by atoms with Gasteiger partial charge < -0.3 is 5.11 Å². The molecule has 100 valence electrons. The number of aryl methyl sites for hydroxylation is 1. The summed E-state index contributed by atoms with van der Waals surface area (Å²) >= 11 is 0. The van der Waals surface area contributed by atoms with Crippen LogP contribution in [0.1, 0.15) is 48.8 Å². The lowest BCUT2D eigenvalue weighted by atomic mass is 9.77. The number of hydrogen-bond donors (Lipinski definition) is 1. The number of rotatable bonds is 2. The second-order valence-corrected chi connectivity index (χ2v) is 5.78.